The van der Waals surface area contributed by atoms with Crippen LogP contribution in [-0.2, 0) is 13.1 Å². The Morgan fingerprint density at radius 3 is 2.90 bits per heavy atom. The van der Waals surface area contributed by atoms with Crippen LogP contribution in [0.1, 0.15) is 32.5 Å². The van der Waals surface area contributed by atoms with E-state index >= 15 is 0 Å². The minimum atomic E-state index is -0.136. The summed E-state index contributed by atoms with van der Waals surface area (Å²) < 4.78 is 2.23. The van der Waals surface area contributed by atoms with Gasteiger partial charge in [-0.25, -0.2) is 4.98 Å². The third kappa shape index (κ3) is 2.75. The van der Waals surface area contributed by atoms with Crippen LogP contribution in [-0.4, -0.2) is 50.8 Å². The highest BCUT2D eigenvalue weighted by atomic mass is 16.3. The summed E-state index contributed by atoms with van der Waals surface area (Å²) in [6, 6.07) is 0.398. The number of hydrogen-bond donors (Lipinski definition) is 2. The van der Waals surface area contributed by atoms with Crippen LogP contribution in [0.2, 0.25) is 0 Å². The molecule has 5 nitrogen and oxygen atoms in total. The van der Waals surface area contributed by atoms with Gasteiger partial charge in [-0.2, -0.15) is 0 Å². The van der Waals surface area contributed by atoms with Crippen LogP contribution in [0.3, 0.4) is 0 Å². The van der Waals surface area contributed by atoms with Crippen molar-refractivity contribution in [1.29, 1.82) is 0 Å². The van der Waals surface area contributed by atoms with E-state index in [9.17, 15) is 5.11 Å². The van der Waals surface area contributed by atoms with Crippen molar-refractivity contribution in [3.05, 3.63) is 18.2 Å². The average Bonchev–Trinajstić information content (AvgIpc) is 3.17. The molecule has 0 aromatic carbocycles. The molecule has 1 atom stereocenters. The van der Waals surface area contributed by atoms with Gasteiger partial charge in [0.05, 0.1) is 18.7 Å². The predicted octanol–water partition coefficient (Wildman–Crippen LogP) is 0.838. The van der Waals surface area contributed by atoms with Crippen LogP contribution in [0.15, 0.2) is 12.4 Å². The molecular formula is C15H26N4O. The first-order valence-corrected chi connectivity index (χ1v) is 7.74. The Kier molecular flexibility index (Phi) is 3.84. The van der Waals surface area contributed by atoms with E-state index in [1.54, 1.807) is 0 Å². The molecule has 2 aliphatic rings. The molecule has 3 rings (SSSR count). The fourth-order valence-electron chi connectivity index (χ4n) is 3.49. The van der Waals surface area contributed by atoms with E-state index in [0.717, 1.165) is 32.0 Å². The van der Waals surface area contributed by atoms with Crippen molar-refractivity contribution in [2.45, 2.75) is 51.4 Å². The summed E-state index contributed by atoms with van der Waals surface area (Å²) in [5, 5.41) is 13.7. The number of fused-ring (bicyclic) bond motifs is 1. The van der Waals surface area contributed by atoms with Crippen LogP contribution in [0.5, 0.6) is 0 Å². The lowest BCUT2D eigenvalue weighted by Gasteiger charge is -2.41. The van der Waals surface area contributed by atoms with Crippen LogP contribution >= 0.6 is 0 Å². The third-order valence-electron chi connectivity index (χ3n) is 4.55. The highest BCUT2D eigenvalue weighted by molar-refractivity contribution is 5.05. The second-order valence-corrected chi connectivity index (χ2v) is 6.64. The first kappa shape index (κ1) is 14.0. The van der Waals surface area contributed by atoms with Crippen molar-refractivity contribution >= 4 is 0 Å². The Hall–Kier alpha value is -0.910. The number of aliphatic hydroxyl groups excluding tert-OH is 1. The highest BCUT2D eigenvalue weighted by Gasteiger charge is 2.46. The van der Waals surface area contributed by atoms with Crippen molar-refractivity contribution in [2.24, 2.45) is 5.92 Å². The van der Waals surface area contributed by atoms with Gasteiger partial charge in [-0.3, -0.25) is 4.90 Å². The van der Waals surface area contributed by atoms with Crippen LogP contribution in [0.4, 0.5) is 0 Å². The molecule has 1 aliphatic heterocycles. The smallest absolute Gasteiger partial charge is 0.122 e. The van der Waals surface area contributed by atoms with E-state index in [4.69, 9.17) is 0 Å². The monoisotopic (exact) mass is 278 g/mol. The fourth-order valence-corrected chi connectivity index (χ4v) is 3.49. The zero-order valence-corrected chi connectivity index (χ0v) is 12.5. The van der Waals surface area contributed by atoms with Gasteiger partial charge < -0.3 is 15.0 Å². The normalized spacial score (nSPS) is 22.8. The Morgan fingerprint density at radius 1 is 1.45 bits per heavy atom. The third-order valence-corrected chi connectivity index (χ3v) is 4.55. The maximum absolute atomic E-state index is 10.0. The van der Waals surface area contributed by atoms with Crippen molar-refractivity contribution < 1.29 is 5.11 Å². The van der Waals surface area contributed by atoms with E-state index in [0.29, 0.717) is 12.0 Å². The predicted molar refractivity (Wildman–Crippen MR) is 78.3 cm³/mol. The van der Waals surface area contributed by atoms with Crippen LogP contribution in [0.25, 0.3) is 0 Å². The molecule has 1 saturated carbocycles. The zero-order valence-electron chi connectivity index (χ0n) is 12.5. The quantitative estimate of drug-likeness (QED) is 0.809. The summed E-state index contributed by atoms with van der Waals surface area (Å²) in [6.07, 6.45) is 6.41. The molecule has 1 aliphatic carbocycles. The number of rotatable bonds is 6. The summed E-state index contributed by atoms with van der Waals surface area (Å²) in [4.78, 5) is 6.86. The minimum absolute atomic E-state index is 0.136. The van der Waals surface area contributed by atoms with Gasteiger partial charge in [0.1, 0.15) is 5.82 Å². The van der Waals surface area contributed by atoms with E-state index in [1.165, 1.54) is 12.8 Å². The van der Waals surface area contributed by atoms with Gasteiger partial charge in [0.25, 0.3) is 0 Å². The molecule has 0 saturated heterocycles. The Morgan fingerprint density at radius 2 is 2.25 bits per heavy atom. The molecule has 0 amide bonds. The van der Waals surface area contributed by atoms with Gasteiger partial charge in [0.15, 0.2) is 0 Å². The molecule has 20 heavy (non-hydrogen) atoms. The lowest BCUT2D eigenvalue weighted by Crippen LogP contribution is -2.60. The first-order valence-electron chi connectivity index (χ1n) is 7.74. The Labute approximate surface area is 121 Å². The second kappa shape index (κ2) is 5.47. The van der Waals surface area contributed by atoms with Gasteiger partial charge >= 0.3 is 0 Å². The topological polar surface area (TPSA) is 53.3 Å². The molecule has 1 fully saturated rings. The molecule has 1 aromatic rings. The molecule has 0 bridgehead atoms. The van der Waals surface area contributed by atoms with E-state index in [2.05, 4.69) is 39.8 Å². The molecule has 1 aromatic heterocycles. The van der Waals surface area contributed by atoms with Crippen molar-refractivity contribution in [2.75, 3.05) is 19.7 Å². The second-order valence-electron chi connectivity index (χ2n) is 6.64. The molecule has 2 heterocycles. The molecule has 5 heteroatoms. The van der Waals surface area contributed by atoms with Gasteiger partial charge in [-0.1, -0.05) is 13.8 Å². The number of aliphatic hydroxyl groups is 1. The van der Waals surface area contributed by atoms with Crippen molar-refractivity contribution in [1.82, 2.24) is 19.8 Å². The number of aromatic nitrogens is 2. The summed E-state index contributed by atoms with van der Waals surface area (Å²) >= 11 is 0. The SMILES string of the molecule is CC(C)NC(CO)(CN1CCn2ccnc2C1)C1CC1. The maximum atomic E-state index is 10.0. The van der Waals surface area contributed by atoms with Gasteiger partial charge in [-0.15, -0.1) is 0 Å². The molecule has 1 unspecified atom stereocenters. The lowest BCUT2D eigenvalue weighted by atomic mass is 9.92. The average molecular weight is 278 g/mol. The van der Waals surface area contributed by atoms with Crippen LogP contribution < -0.4 is 5.32 Å². The number of nitrogens with zero attached hydrogens (tertiary/aromatic N) is 3. The highest BCUT2D eigenvalue weighted by Crippen LogP contribution is 2.40. The van der Waals surface area contributed by atoms with Crippen molar-refractivity contribution in [3.8, 4) is 0 Å². The van der Waals surface area contributed by atoms with Gasteiger partial charge in [0.2, 0.25) is 0 Å². The van der Waals surface area contributed by atoms with E-state index in [-0.39, 0.29) is 12.1 Å². The molecule has 0 radical (unpaired) electrons. The van der Waals surface area contributed by atoms with E-state index < -0.39 is 0 Å². The molecule has 0 spiro atoms. The summed E-state index contributed by atoms with van der Waals surface area (Å²) in [5.74, 6) is 1.76. The van der Waals surface area contributed by atoms with E-state index in [1.807, 2.05) is 6.20 Å². The first-order chi connectivity index (χ1) is 9.63. The lowest BCUT2D eigenvalue weighted by molar-refractivity contribution is 0.0713. The molecular weight excluding hydrogens is 252 g/mol. The van der Waals surface area contributed by atoms with Crippen molar-refractivity contribution in [3.63, 3.8) is 0 Å². The number of imidazole rings is 1. The summed E-state index contributed by atoms with van der Waals surface area (Å²) in [5.41, 5.74) is -0.136. The van der Waals surface area contributed by atoms with Gasteiger partial charge in [0, 0.05) is 38.1 Å². The zero-order chi connectivity index (χ0) is 14.2. The minimum Gasteiger partial charge on any atom is -0.394 e. The van der Waals surface area contributed by atoms with Crippen LogP contribution in [0, 0.1) is 5.92 Å². The summed E-state index contributed by atoms with van der Waals surface area (Å²) in [7, 11) is 0. The number of hydrogen-bond acceptors (Lipinski definition) is 4. The largest absolute Gasteiger partial charge is 0.394 e. The maximum Gasteiger partial charge on any atom is 0.122 e. The fraction of sp³-hybridized carbons (Fsp3) is 0.800. The Balaban J connectivity index is 1.70. The Bertz CT molecular complexity index is 454. The number of nitrogens with one attached hydrogen (secondary N) is 1. The molecule has 112 valence electrons. The molecule has 2 N–H and O–H groups in total. The standard InChI is InChI=1S/C15H26N4O/c1-12(2)17-15(11-20,13-3-4-13)10-18-7-8-19-6-5-16-14(19)9-18/h5-6,12-13,17,20H,3-4,7-11H2,1-2H3. The van der Waals surface area contributed by atoms with Gasteiger partial charge in [-0.05, 0) is 18.8 Å². The summed E-state index contributed by atoms with van der Waals surface area (Å²) in [6.45, 7) is 8.40.